The molecule has 1 rings (SSSR count). The predicted octanol–water partition coefficient (Wildman–Crippen LogP) is 1.43. The molecule has 0 saturated carbocycles. The topological polar surface area (TPSA) is 26.3 Å². The van der Waals surface area contributed by atoms with Crippen molar-refractivity contribution in [2.75, 3.05) is 0 Å². The van der Waals surface area contributed by atoms with Crippen LogP contribution >= 0.6 is 0 Å². The van der Waals surface area contributed by atoms with Crippen LogP contribution in [0.1, 0.15) is 12.8 Å². The Labute approximate surface area is 60.2 Å². The SMILES string of the molecule is C=CCC1CC=CC(=O)O1. The average Bonchev–Trinajstić information content (AvgIpc) is 1.88. The van der Waals surface area contributed by atoms with Crippen LogP contribution in [0.5, 0.6) is 0 Å². The highest BCUT2D eigenvalue weighted by Gasteiger charge is 2.13. The fraction of sp³-hybridized carbons (Fsp3) is 0.375. The third kappa shape index (κ3) is 1.72. The number of esters is 1. The number of carbonyl (C=O) groups is 1. The largest absolute Gasteiger partial charge is 0.459 e. The van der Waals surface area contributed by atoms with Gasteiger partial charge in [0.25, 0.3) is 0 Å². The lowest BCUT2D eigenvalue weighted by atomic mass is 10.1. The van der Waals surface area contributed by atoms with Gasteiger partial charge in [0, 0.05) is 18.9 Å². The van der Waals surface area contributed by atoms with E-state index in [1.165, 1.54) is 6.08 Å². The molecule has 54 valence electrons. The number of cyclic esters (lactones) is 1. The van der Waals surface area contributed by atoms with Gasteiger partial charge < -0.3 is 4.74 Å². The second kappa shape index (κ2) is 3.20. The summed E-state index contributed by atoms with van der Waals surface area (Å²) in [5, 5.41) is 0. The fourth-order valence-corrected chi connectivity index (χ4v) is 0.898. The van der Waals surface area contributed by atoms with Crippen molar-refractivity contribution in [2.24, 2.45) is 0 Å². The summed E-state index contributed by atoms with van der Waals surface area (Å²) in [6, 6.07) is 0. The van der Waals surface area contributed by atoms with E-state index in [0.29, 0.717) is 0 Å². The summed E-state index contributed by atoms with van der Waals surface area (Å²) in [7, 11) is 0. The Balaban J connectivity index is 2.43. The Hall–Kier alpha value is -1.05. The molecule has 0 fully saturated rings. The number of rotatable bonds is 2. The molecule has 10 heavy (non-hydrogen) atoms. The molecule has 0 aromatic rings. The second-order valence-electron chi connectivity index (χ2n) is 2.22. The summed E-state index contributed by atoms with van der Waals surface area (Å²) in [5.74, 6) is -0.238. The fourth-order valence-electron chi connectivity index (χ4n) is 0.898. The van der Waals surface area contributed by atoms with Gasteiger partial charge in [0.05, 0.1) is 0 Å². The van der Waals surface area contributed by atoms with Gasteiger partial charge in [-0.3, -0.25) is 0 Å². The van der Waals surface area contributed by atoms with Crippen LogP contribution < -0.4 is 0 Å². The van der Waals surface area contributed by atoms with Crippen LogP contribution in [-0.4, -0.2) is 12.1 Å². The monoisotopic (exact) mass is 138 g/mol. The summed E-state index contributed by atoms with van der Waals surface area (Å²) in [6.07, 6.45) is 6.64. The number of carbonyl (C=O) groups excluding carboxylic acids is 1. The van der Waals surface area contributed by atoms with Crippen LogP contribution in [0.2, 0.25) is 0 Å². The lowest BCUT2D eigenvalue weighted by Crippen LogP contribution is -2.18. The van der Waals surface area contributed by atoms with Crippen molar-refractivity contribution < 1.29 is 9.53 Å². The van der Waals surface area contributed by atoms with Crippen molar-refractivity contribution in [1.82, 2.24) is 0 Å². The van der Waals surface area contributed by atoms with Crippen LogP contribution in [0.25, 0.3) is 0 Å². The van der Waals surface area contributed by atoms with E-state index < -0.39 is 0 Å². The molecule has 0 aromatic heterocycles. The minimum Gasteiger partial charge on any atom is -0.459 e. The maximum absolute atomic E-state index is 10.6. The van der Waals surface area contributed by atoms with E-state index in [4.69, 9.17) is 4.74 Å². The Morgan fingerprint density at radius 1 is 1.90 bits per heavy atom. The molecular formula is C8H10O2. The van der Waals surface area contributed by atoms with Crippen molar-refractivity contribution >= 4 is 5.97 Å². The Kier molecular flexibility index (Phi) is 2.26. The van der Waals surface area contributed by atoms with E-state index in [1.807, 2.05) is 6.08 Å². The lowest BCUT2D eigenvalue weighted by Gasteiger charge is -2.16. The van der Waals surface area contributed by atoms with Crippen LogP contribution in [0.3, 0.4) is 0 Å². The highest BCUT2D eigenvalue weighted by molar-refractivity contribution is 5.82. The molecular weight excluding hydrogens is 128 g/mol. The van der Waals surface area contributed by atoms with Gasteiger partial charge in [-0.15, -0.1) is 6.58 Å². The minimum atomic E-state index is -0.238. The van der Waals surface area contributed by atoms with Gasteiger partial charge >= 0.3 is 5.97 Å². The van der Waals surface area contributed by atoms with E-state index >= 15 is 0 Å². The smallest absolute Gasteiger partial charge is 0.330 e. The number of hydrogen-bond donors (Lipinski definition) is 0. The molecule has 1 atom stereocenters. The first-order valence-corrected chi connectivity index (χ1v) is 3.31. The second-order valence-corrected chi connectivity index (χ2v) is 2.22. The minimum absolute atomic E-state index is 0.0231. The molecule has 2 nitrogen and oxygen atoms in total. The van der Waals surface area contributed by atoms with E-state index in [0.717, 1.165) is 12.8 Å². The zero-order valence-corrected chi connectivity index (χ0v) is 5.75. The third-order valence-corrected chi connectivity index (χ3v) is 1.37. The zero-order chi connectivity index (χ0) is 7.40. The van der Waals surface area contributed by atoms with E-state index in [9.17, 15) is 4.79 Å². The molecule has 0 saturated heterocycles. The van der Waals surface area contributed by atoms with Gasteiger partial charge in [0.15, 0.2) is 0 Å². The van der Waals surface area contributed by atoms with Gasteiger partial charge in [-0.05, 0) is 0 Å². The standard InChI is InChI=1S/C8H10O2/c1-2-4-7-5-3-6-8(9)10-7/h2-3,6-7H,1,4-5H2. The van der Waals surface area contributed by atoms with E-state index in [1.54, 1.807) is 6.08 Å². The maximum atomic E-state index is 10.6. The van der Waals surface area contributed by atoms with E-state index in [-0.39, 0.29) is 12.1 Å². The van der Waals surface area contributed by atoms with Crippen molar-refractivity contribution in [1.29, 1.82) is 0 Å². The highest BCUT2D eigenvalue weighted by Crippen LogP contribution is 2.10. The van der Waals surface area contributed by atoms with Gasteiger partial charge in [0.2, 0.25) is 0 Å². The first kappa shape index (κ1) is 7.06. The zero-order valence-electron chi connectivity index (χ0n) is 5.75. The quantitative estimate of drug-likeness (QED) is 0.426. The first-order valence-electron chi connectivity index (χ1n) is 3.31. The van der Waals surface area contributed by atoms with Crippen molar-refractivity contribution in [3.05, 3.63) is 24.8 Å². The molecule has 0 N–H and O–H groups in total. The summed E-state index contributed by atoms with van der Waals surface area (Å²) in [4.78, 5) is 10.6. The number of ether oxygens (including phenoxy) is 1. The highest BCUT2D eigenvalue weighted by atomic mass is 16.5. The van der Waals surface area contributed by atoms with Crippen LogP contribution in [0.4, 0.5) is 0 Å². The van der Waals surface area contributed by atoms with Crippen molar-refractivity contribution in [3.8, 4) is 0 Å². The average molecular weight is 138 g/mol. The van der Waals surface area contributed by atoms with Gasteiger partial charge in [-0.1, -0.05) is 12.2 Å². The molecule has 1 aliphatic heterocycles. The van der Waals surface area contributed by atoms with E-state index in [2.05, 4.69) is 6.58 Å². The molecule has 0 aromatic carbocycles. The molecule has 1 unspecified atom stereocenters. The molecule has 1 heterocycles. The summed E-state index contributed by atoms with van der Waals surface area (Å²) in [5.41, 5.74) is 0. The molecule has 0 bridgehead atoms. The lowest BCUT2D eigenvalue weighted by molar-refractivity contribution is -0.143. The molecule has 0 amide bonds. The van der Waals surface area contributed by atoms with Crippen molar-refractivity contribution in [3.63, 3.8) is 0 Å². The normalized spacial score (nSPS) is 24.0. The first-order chi connectivity index (χ1) is 4.83. The summed E-state index contributed by atoms with van der Waals surface area (Å²) < 4.78 is 4.93. The van der Waals surface area contributed by atoms with Gasteiger partial charge in [-0.2, -0.15) is 0 Å². The molecule has 0 spiro atoms. The Morgan fingerprint density at radius 3 is 3.30 bits per heavy atom. The molecule has 0 aliphatic carbocycles. The molecule has 1 aliphatic rings. The van der Waals surface area contributed by atoms with Gasteiger partial charge in [-0.25, -0.2) is 4.79 Å². The summed E-state index contributed by atoms with van der Waals surface area (Å²) in [6.45, 7) is 3.56. The van der Waals surface area contributed by atoms with Crippen LogP contribution in [-0.2, 0) is 9.53 Å². The third-order valence-electron chi connectivity index (χ3n) is 1.37. The predicted molar refractivity (Wildman–Crippen MR) is 38.5 cm³/mol. The maximum Gasteiger partial charge on any atom is 0.330 e. The van der Waals surface area contributed by atoms with Crippen LogP contribution in [0.15, 0.2) is 24.8 Å². The van der Waals surface area contributed by atoms with Crippen molar-refractivity contribution in [2.45, 2.75) is 18.9 Å². The Morgan fingerprint density at radius 2 is 2.70 bits per heavy atom. The van der Waals surface area contributed by atoms with Gasteiger partial charge in [0.1, 0.15) is 6.10 Å². The molecule has 2 heteroatoms. The Bertz CT molecular complexity index is 170. The molecule has 0 radical (unpaired) electrons. The summed E-state index contributed by atoms with van der Waals surface area (Å²) >= 11 is 0. The van der Waals surface area contributed by atoms with Crippen LogP contribution in [0, 0.1) is 0 Å². The number of hydrogen-bond acceptors (Lipinski definition) is 2.